The topological polar surface area (TPSA) is 38.8 Å². The first-order valence-corrected chi connectivity index (χ1v) is 5.57. The van der Waals surface area contributed by atoms with Crippen LogP contribution in [0.4, 0.5) is 0 Å². The second kappa shape index (κ2) is 6.08. The van der Waals surface area contributed by atoms with Crippen molar-refractivity contribution in [2.45, 2.75) is 13.8 Å². The molecule has 1 rings (SSSR count). The van der Waals surface area contributed by atoms with Gasteiger partial charge in [0.05, 0.1) is 19.6 Å². The van der Waals surface area contributed by atoms with Crippen LogP contribution < -0.4 is 0 Å². The maximum atomic E-state index is 11.4. The molecule has 4 nitrogen and oxygen atoms in total. The van der Waals surface area contributed by atoms with E-state index in [1.54, 1.807) is 0 Å². The highest BCUT2D eigenvalue weighted by Crippen LogP contribution is 2.23. The standard InChI is InChI=1S/C11H21NO3/c1-4-15-6-5-12-7-9(2)10(8-12)11(13)14-3/h9-10H,4-8H2,1-3H3. The molecule has 0 spiro atoms. The molecule has 0 aliphatic carbocycles. The maximum absolute atomic E-state index is 11.4. The summed E-state index contributed by atoms with van der Waals surface area (Å²) in [5.41, 5.74) is 0. The summed E-state index contributed by atoms with van der Waals surface area (Å²) in [5.74, 6) is 0.345. The van der Waals surface area contributed by atoms with E-state index in [0.29, 0.717) is 5.92 Å². The van der Waals surface area contributed by atoms with Gasteiger partial charge in [0.25, 0.3) is 0 Å². The van der Waals surface area contributed by atoms with E-state index in [4.69, 9.17) is 9.47 Å². The lowest BCUT2D eigenvalue weighted by molar-refractivity contribution is -0.146. The second-order valence-electron chi connectivity index (χ2n) is 4.06. The molecule has 4 heteroatoms. The summed E-state index contributed by atoms with van der Waals surface area (Å²) in [6.45, 7) is 8.27. The molecule has 1 saturated heterocycles. The van der Waals surface area contributed by atoms with Gasteiger partial charge in [-0.15, -0.1) is 0 Å². The van der Waals surface area contributed by atoms with Crippen molar-refractivity contribution in [3.05, 3.63) is 0 Å². The normalized spacial score (nSPS) is 26.9. The van der Waals surface area contributed by atoms with Crippen LogP contribution in [0.25, 0.3) is 0 Å². The van der Waals surface area contributed by atoms with E-state index in [0.717, 1.165) is 32.8 Å². The molecule has 0 aromatic heterocycles. The Balaban J connectivity index is 2.31. The molecule has 0 aromatic carbocycles. The summed E-state index contributed by atoms with van der Waals surface area (Å²) < 4.78 is 10.1. The van der Waals surface area contributed by atoms with E-state index in [9.17, 15) is 4.79 Å². The molecule has 1 fully saturated rings. The molecule has 88 valence electrons. The number of rotatable bonds is 5. The predicted octanol–water partition coefficient (Wildman–Crippen LogP) is 0.764. The van der Waals surface area contributed by atoms with E-state index < -0.39 is 0 Å². The number of carbonyl (C=O) groups is 1. The van der Waals surface area contributed by atoms with Crippen LogP contribution in [-0.4, -0.2) is 50.8 Å². The van der Waals surface area contributed by atoms with Crippen LogP contribution in [0.2, 0.25) is 0 Å². The van der Waals surface area contributed by atoms with Crippen LogP contribution in [0.15, 0.2) is 0 Å². The Morgan fingerprint density at radius 1 is 1.47 bits per heavy atom. The van der Waals surface area contributed by atoms with Gasteiger partial charge in [-0.05, 0) is 12.8 Å². The van der Waals surface area contributed by atoms with Gasteiger partial charge in [0.1, 0.15) is 0 Å². The fraction of sp³-hybridized carbons (Fsp3) is 0.909. The maximum Gasteiger partial charge on any atom is 0.310 e. The van der Waals surface area contributed by atoms with Gasteiger partial charge >= 0.3 is 5.97 Å². The molecule has 0 N–H and O–H groups in total. The number of carbonyl (C=O) groups excluding carboxylic acids is 1. The highest BCUT2D eigenvalue weighted by Gasteiger charge is 2.34. The van der Waals surface area contributed by atoms with Gasteiger partial charge in [0.2, 0.25) is 0 Å². The Hall–Kier alpha value is -0.610. The second-order valence-corrected chi connectivity index (χ2v) is 4.06. The van der Waals surface area contributed by atoms with Crippen molar-refractivity contribution >= 4 is 5.97 Å². The van der Waals surface area contributed by atoms with Crippen molar-refractivity contribution in [1.82, 2.24) is 4.90 Å². The van der Waals surface area contributed by atoms with Gasteiger partial charge in [-0.2, -0.15) is 0 Å². The third-order valence-corrected chi connectivity index (χ3v) is 2.95. The van der Waals surface area contributed by atoms with Gasteiger partial charge in [0, 0.05) is 26.2 Å². The quantitative estimate of drug-likeness (QED) is 0.501. The van der Waals surface area contributed by atoms with Gasteiger partial charge in [-0.25, -0.2) is 0 Å². The number of methoxy groups -OCH3 is 1. The van der Waals surface area contributed by atoms with Crippen LogP contribution in [0.1, 0.15) is 13.8 Å². The molecular formula is C11H21NO3. The number of esters is 1. The molecule has 0 amide bonds. The lowest BCUT2D eigenvalue weighted by atomic mass is 9.99. The van der Waals surface area contributed by atoms with Crippen LogP contribution in [-0.2, 0) is 14.3 Å². The third kappa shape index (κ3) is 3.47. The zero-order chi connectivity index (χ0) is 11.3. The molecule has 2 unspecified atom stereocenters. The van der Waals surface area contributed by atoms with Crippen molar-refractivity contribution in [3.63, 3.8) is 0 Å². The minimum Gasteiger partial charge on any atom is -0.469 e. The Kier molecular flexibility index (Phi) is 5.05. The van der Waals surface area contributed by atoms with Crippen molar-refractivity contribution in [2.75, 3.05) is 40.0 Å². The lowest BCUT2D eigenvalue weighted by Gasteiger charge is -2.14. The molecule has 0 radical (unpaired) electrons. The number of ether oxygens (including phenoxy) is 2. The van der Waals surface area contributed by atoms with Gasteiger partial charge in [-0.1, -0.05) is 6.92 Å². The van der Waals surface area contributed by atoms with Crippen LogP contribution in [0.3, 0.4) is 0 Å². The smallest absolute Gasteiger partial charge is 0.310 e. The highest BCUT2D eigenvalue weighted by atomic mass is 16.5. The Bertz CT molecular complexity index is 208. The average molecular weight is 215 g/mol. The first-order chi connectivity index (χ1) is 7.19. The fourth-order valence-corrected chi connectivity index (χ4v) is 2.05. The Morgan fingerprint density at radius 3 is 2.80 bits per heavy atom. The van der Waals surface area contributed by atoms with Crippen LogP contribution in [0.5, 0.6) is 0 Å². The molecule has 0 saturated carbocycles. The lowest BCUT2D eigenvalue weighted by Crippen LogP contribution is -2.27. The summed E-state index contributed by atoms with van der Waals surface area (Å²) in [5, 5.41) is 0. The molecule has 1 heterocycles. The van der Waals surface area contributed by atoms with Crippen LogP contribution in [0, 0.1) is 11.8 Å². The molecule has 1 aliphatic heterocycles. The van der Waals surface area contributed by atoms with E-state index in [2.05, 4.69) is 11.8 Å². The minimum atomic E-state index is -0.0820. The zero-order valence-electron chi connectivity index (χ0n) is 9.86. The summed E-state index contributed by atoms with van der Waals surface area (Å²) >= 11 is 0. The zero-order valence-corrected chi connectivity index (χ0v) is 9.86. The molecule has 2 atom stereocenters. The minimum absolute atomic E-state index is 0.0385. The fourth-order valence-electron chi connectivity index (χ4n) is 2.05. The van der Waals surface area contributed by atoms with Crippen molar-refractivity contribution < 1.29 is 14.3 Å². The molecule has 15 heavy (non-hydrogen) atoms. The Labute approximate surface area is 91.5 Å². The third-order valence-electron chi connectivity index (χ3n) is 2.95. The predicted molar refractivity (Wildman–Crippen MR) is 57.6 cm³/mol. The van der Waals surface area contributed by atoms with Crippen molar-refractivity contribution in [3.8, 4) is 0 Å². The molecule has 0 bridgehead atoms. The largest absolute Gasteiger partial charge is 0.469 e. The van der Waals surface area contributed by atoms with Gasteiger partial charge in [0.15, 0.2) is 0 Å². The summed E-state index contributed by atoms with van der Waals surface area (Å²) in [7, 11) is 1.46. The van der Waals surface area contributed by atoms with E-state index in [-0.39, 0.29) is 11.9 Å². The number of nitrogens with zero attached hydrogens (tertiary/aromatic N) is 1. The van der Waals surface area contributed by atoms with Gasteiger partial charge < -0.3 is 9.47 Å². The van der Waals surface area contributed by atoms with E-state index >= 15 is 0 Å². The summed E-state index contributed by atoms with van der Waals surface area (Å²) in [4.78, 5) is 13.7. The van der Waals surface area contributed by atoms with E-state index in [1.807, 2.05) is 6.92 Å². The SMILES string of the molecule is CCOCCN1CC(C)C(C(=O)OC)C1. The molecule has 0 aromatic rings. The van der Waals surface area contributed by atoms with Gasteiger partial charge in [-0.3, -0.25) is 9.69 Å². The van der Waals surface area contributed by atoms with Crippen LogP contribution >= 0.6 is 0 Å². The average Bonchev–Trinajstić information content (AvgIpc) is 2.59. The first kappa shape index (κ1) is 12.5. The number of hydrogen-bond acceptors (Lipinski definition) is 4. The highest BCUT2D eigenvalue weighted by molar-refractivity contribution is 5.73. The first-order valence-electron chi connectivity index (χ1n) is 5.57. The Morgan fingerprint density at radius 2 is 2.20 bits per heavy atom. The summed E-state index contributed by atoms with van der Waals surface area (Å²) in [6.07, 6.45) is 0. The number of hydrogen-bond donors (Lipinski definition) is 0. The molecule has 1 aliphatic rings. The monoisotopic (exact) mass is 215 g/mol. The van der Waals surface area contributed by atoms with E-state index in [1.165, 1.54) is 7.11 Å². The van der Waals surface area contributed by atoms with Crippen molar-refractivity contribution in [2.24, 2.45) is 11.8 Å². The summed E-state index contributed by atoms with van der Waals surface area (Å²) in [6, 6.07) is 0. The molecular weight excluding hydrogens is 194 g/mol. The van der Waals surface area contributed by atoms with Crippen molar-refractivity contribution in [1.29, 1.82) is 0 Å². The number of likely N-dealkylation sites (tertiary alicyclic amines) is 1.